The Labute approximate surface area is 209 Å². The minimum atomic E-state index is -4.49. The molecule has 1 N–H and O–H groups in total. The molecule has 2 amide bonds. The van der Waals surface area contributed by atoms with Gasteiger partial charge in [0.1, 0.15) is 5.69 Å². The highest BCUT2D eigenvalue weighted by Crippen LogP contribution is 2.32. The molecule has 0 atom stereocenters. The molecule has 0 bridgehead atoms. The maximum Gasteiger partial charge on any atom is 0.416 e. The van der Waals surface area contributed by atoms with E-state index in [1.54, 1.807) is 11.4 Å². The van der Waals surface area contributed by atoms with E-state index in [9.17, 15) is 22.8 Å². The van der Waals surface area contributed by atoms with E-state index < -0.39 is 17.6 Å². The fraction of sp³-hybridized carbons (Fsp3) is 0.320. The number of hydrogen-bond acceptors (Lipinski definition) is 4. The van der Waals surface area contributed by atoms with Crippen LogP contribution in [0.2, 0.25) is 5.02 Å². The molecule has 0 spiro atoms. The second kappa shape index (κ2) is 10.8. The normalized spacial score (nSPS) is 14.7. The molecule has 1 aliphatic rings. The second-order valence-corrected chi connectivity index (χ2v) is 9.63. The standard InChI is InChI=1S/C25H23ClF3N3O2S/c26-20-8-4-2-5-17(20)13-22(33)32-11-9-16(10-12-32)24-31-21(15-35-24)23(34)30-14-18-6-1-3-7-19(18)25(27,28)29/h1-8,15-16H,9-14H2,(H,30,34). The SMILES string of the molecule is O=C(NCc1ccccc1C(F)(F)F)c1csc(C2CCN(C(=O)Cc3ccccc3Cl)CC2)n1. The van der Waals surface area contributed by atoms with Gasteiger partial charge in [-0.1, -0.05) is 48.0 Å². The van der Waals surface area contributed by atoms with Crippen LogP contribution in [0, 0.1) is 0 Å². The molecule has 2 heterocycles. The number of halogens is 4. The van der Waals surface area contributed by atoms with Gasteiger partial charge >= 0.3 is 6.18 Å². The summed E-state index contributed by atoms with van der Waals surface area (Å²) in [6.45, 7) is 0.930. The van der Waals surface area contributed by atoms with Crippen molar-refractivity contribution in [2.24, 2.45) is 0 Å². The molecule has 2 aromatic carbocycles. The summed E-state index contributed by atoms with van der Waals surface area (Å²) in [6, 6.07) is 12.4. The van der Waals surface area contributed by atoms with Gasteiger partial charge in [-0.15, -0.1) is 11.3 Å². The van der Waals surface area contributed by atoms with E-state index in [2.05, 4.69) is 10.3 Å². The van der Waals surface area contributed by atoms with Crippen LogP contribution in [0.4, 0.5) is 13.2 Å². The Morgan fingerprint density at radius 2 is 1.71 bits per heavy atom. The average Bonchev–Trinajstić information content (AvgIpc) is 3.34. The van der Waals surface area contributed by atoms with Crippen LogP contribution in [0.5, 0.6) is 0 Å². The lowest BCUT2D eigenvalue weighted by molar-refractivity contribution is -0.138. The van der Waals surface area contributed by atoms with Gasteiger partial charge in [0, 0.05) is 36.0 Å². The molecular weight excluding hydrogens is 499 g/mol. The van der Waals surface area contributed by atoms with Gasteiger partial charge in [-0.05, 0) is 36.1 Å². The summed E-state index contributed by atoms with van der Waals surface area (Å²) in [7, 11) is 0. The third kappa shape index (κ3) is 6.21. The molecule has 0 saturated carbocycles. The Morgan fingerprint density at radius 3 is 2.40 bits per heavy atom. The highest BCUT2D eigenvalue weighted by atomic mass is 35.5. The molecule has 4 rings (SSSR count). The summed E-state index contributed by atoms with van der Waals surface area (Å²) in [5, 5.41) is 5.53. The van der Waals surface area contributed by atoms with E-state index in [-0.39, 0.29) is 36.0 Å². The maximum absolute atomic E-state index is 13.2. The van der Waals surface area contributed by atoms with Crippen LogP contribution in [0.15, 0.2) is 53.9 Å². The Kier molecular flexibility index (Phi) is 7.76. The fourth-order valence-corrected chi connectivity index (χ4v) is 5.26. The van der Waals surface area contributed by atoms with Crippen molar-refractivity contribution in [2.45, 2.75) is 37.9 Å². The van der Waals surface area contributed by atoms with Crippen LogP contribution >= 0.6 is 22.9 Å². The van der Waals surface area contributed by atoms with Gasteiger partial charge in [-0.3, -0.25) is 9.59 Å². The topological polar surface area (TPSA) is 62.3 Å². The molecule has 35 heavy (non-hydrogen) atoms. The number of amides is 2. The molecule has 1 aliphatic heterocycles. The van der Waals surface area contributed by atoms with Crippen molar-refractivity contribution in [3.8, 4) is 0 Å². The minimum Gasteiger partial charge on any atom is -0.347 e. The predicted molar refractivity (Wildman–Crippen MR) is 128 cm³/mol. The van der Waals surface area contributed by atoms with Crippen molar-refractivity contribution in [3.05, 3.63) is 86.3 Å². The first kappa shape index (κ1) is 25.2. The summed E-state index contributed by atoms with van der Waals surface area (Å²) in [5.41, 5.74) is 0.217. The number of rotatable bonds is 6. The number of thiazole rings is 1. The third-order valence-electron chi connectivity index (χ3n) is 6.01. The number of nitrogens with one attached hydrogen (secondary N) is 1. The number of benzene rings is 2. The highest BCUT2D eigenvalue weighted by Gasteiger charge is 2.33. The van der Waals surface area contributed by atoms with Crippen molar-refractivity contribution in [3.63, 3.8) is 0 Å². The molecule has 184 valence electrons. The first-order chi connectivity index (χ1) is 16.7. The highest BCUT2D eigenvalue weighted by molar-refractivity contribution is 7.09. The maximum atomic E-state index is 13.2. The summed E-state index contributed by atoms with van der Waals surface area (Å²) in [5.74, 6) is -0.372. The molecule has 1 fully saturated rings. The number of piperidine rings is 1. The van der Waals surface area contributed by atoms with Crippen molar-refractivity contribution < 1.29 is 22.8 Å². The Bertz CT molecular complexity index is 1210. The smallest absolute Gasteiger partial charge is 0.347 e. The van der Waals surface area contributed by atoms with E-state index >= 15 is 0 Å². The minimum absolute atomic E-state index is 0.00219. The summed E-state index contributed by atoms with van der Waals surface area (Å²) in [6.07, 6.45) is -2.79. The van der Waals surface area contributed by atoms with Crippen molar-refractivity contribution in [2.75, 3.05) is 13.1 Å². The molecule has 0 radical (unpaired) electrons. The van der Waals surface area contributed by atoms with Crippen LogP contribution in [0.3, 0.4) is 0 Å². The van der Waals surface area contributed by atoms with Crippen molar-refractivity contribution in [1.82, 2.24) is 15.2 Å². The Morgan fingerprint density at radius 1 is 1.06 bits per heavy atom. The first-order valence-corrected chi connectivity index (χ1v) is 12.4. The van der Waals surface area contributed by atoms with Gasteiger partial charge < -0.3 is 10.2 Å². The van der Waals surface area contributed by atoms with Gasteiger partial charge in [-0.25, -0.2) is 4.98 Å². The fourth-order valence-electron chi connectivity index (χ4n) is 4.09. The largest absolute Gasteiger partial charge is 0.416 e. The number of alkyl halides is 3. The van der Waals surface area contributed by atoms with Crippen molar-refractivity contribution >= 4 is 34.8 Å². The molecule has 3 aromatic rings. The number of aromatic nitrogens is 1. The predicted octanol–water partition coefficient (Wildman–Crippen LogP) is 5.69. The van der Waals surface area contributed by atoms with Gasteiger partial charge in [0.2, 0.25) is 5.91 Å². The van der Waals surface area contributed by atoms with Crippen LogP contribution in [-0.2, 0) is 23.9 Å². The molecular formula is C25H23ClF3N3O2S. The second-order valence-electron chi connectivity index (χ2n) is 8.33. The molecule has 5 nitrogen and oxygen atoms in total. The van der Waals surface area contributed by atoms with E-state index in [1.807, 2.05) is 23.1 Å². The number of hydrogen-bond donors (Lipinski definition) is 1. The zero-order chi connectivity index (χ0) is 25.0. The number of nitrogens with zero attached hydrogens (tertiary/aromatic N) is 2. The summed E-state index contributed by atoms with van der Waals surface area (Å²) in [4.78, 5) is 31.4. The van der Waals surface area contributed by atoms with E-state index in [4.69, 9.17) is 11.6 Å². The van der Waals surface area contributed by atoms with Crippen molar-refractivity contribution in [1.29, 1.82) is 0 Å². The van der Waals surface area contributed by atoms with Crippen LogP contribution in [-0.4, -0.2) is 34.8 Å². The summed E-state index contributed by atoms with van der Waals surface area (Å²) < 4.78 is 39.5. The number of carbonyl (C=O) groups is 2. The quantitative estimate of drug-likeness (QED) is 0.453. The molecule has 10 heteroatoms. The van der Waals surface area contributed by atoms with Crippen LogP contribution in [0.25, 0.3) is 0 Å². The van der Waals surface area contributed by atoms with E-state index in [0.29, 0.717) is 18.1 Å². The Hall–Kier alpha value is -2.91. The van der Waals surface area contributed by atoms with Gasteiger partial charge in [0.05, 0.1) is 17.0 Å². The van der Waals surface area contributed by atoms with E-state index in [1.165, 1.54) is 29.5 Å². The van der Waals surface area contributed by atoms with Crippen LogP contribution in [0.1, 0.15) is 50.9 Å². The average molecular weight is 522 g/mol. The lowest BCUT2D eigenvalue weighted by Gasteiger charge is -2.31. The first-order valence-electron chi connectivity index (χ1n) is 11.1. The molecule has 1 aromatic heterocycles. The zero-order valence-electron chi connectivity index (χ0n) is 18.6. The Balaban J connectivity index is 1.30. The number of carbonyl (C=O) groups excluding carboxylic acids is 2. The summed E-state index contributed by atoms with van der Waals surface area (Å²) >= 11 is 7.52. The van der Waals surface area contributed by atoms with Gasteiger partial charge in [0.25, 0.3) is 5.91 Å². The lowest BCUT2D eigenvalue weighted by atomic mass is 9.97. The number of likely N-dealkylation sites (tertiary alicyclic amines) is 1. The van der Waals surface area contributed by atoms with E-state index in [0.717, 1.165) is 29.5 Å². The molecule has 0 unspecified atom stereocenters. The zero-order valence-corrected chi connectivity index (χ0v) is 20.2. The lowest BCUT2D eigenvalue weighted by Crippen LogP contribution is -2.38. The van der Waals surface area contributed by atoms with Crippen LogP contribution < -0.4 is 5.32 Å². The molecule has 0 aliphatic carbocycles. The molecule has 1 saturated heterocycles. The van der Waals surface area contributed by atoms with Gasteiger partial charge in [0.15, 0.2) is 0 Å². The van der Waals surface area contributed by atoms with Gasteiger partial charge in [-0.2, -0.15) is 13.2 Å². The monoisotopic (exact) mass is 521 g/mol. The third-order valence-corrected chi connectivity index (χ3v) is 7.39.